The van der Waals surface area contributed by atoms with E-state index < -0.39 is 29.7 Å². The van der Waals surface area contributed by atoms with E-state index in [1.54, 1.807) is 24.3 Å². The fourth-order valence-corrected chi connectivity index (χ4v) is 3.93. The van der Waals surface area contributed by atoms with E-state index in [9.17, 15) is 23.6 Å². The van der Waals surface area contributed by atoms with Crippen molar-refractivity contribution in [2.45, 2.75) is 45.2 Å². The van der Waals surface area contributed by atoms with E-state index in [4.69, 9.17) is 0 Å². The number of likely N-dealkylation sites (tertiary alicyclic amines) is 1. The molecule has 34 heavy (non-hydrogen) atoms. The first kappa shape index (κ1) is 25.1. The molecule has 8 heteroatoms. The van der Waals surface area contributed by atoms with Gasteiger partial charge in [-0.2, -0.15) is 0 Å². The number of benzene rings is 2. The Kier molecular flexibility index (Phi) is 8.51. The molecule has 2 unspecified atom stereocenters. The molecule has 1 aliphatic heterocycles. The molecule has 1 heterocycles. The van der Waals surface area contributed by atoms with Crippen molar-refractivity contribution in [3.05, 3.63) is 71.5 Å². The molecule has 0 saturated carbocycles. The normalized spacial score (nSPS) is 17.1. The highest BCUT2D eigenvalue weighted by Crippen LogP contribution is 2.14. The van der Waals surface area contributed by atoms with Crippen LogP contribution < -0.4 is 10.6 Å². The molecule has 1 fully saturated rings. The monoisotopic (exact) mass is 467 g/mol. The van der Waals surface area contributed by atoms with Crippen LogP contribution in [0.25, 0.3) is 0 Å². The minimum atomic E-state index is -0.851. The van der Waals surface area contributed by atoms with Crippen LogP contribution in [0.2, 0.25) is 0 Å². The molecule has 0 spiro atoms. The Labute approximate surface area is 198 Å². The molecule has 3 rings (SSSR count). The van der Waals surface area contributed by atoms with E-state index >= 15 is 0 Å². The summed E-state index contributed by atoms with van der Waals surface area (Å²) in [5, 5.41) is 5.48. The van der Waals surface area contributed by atoms with Crippen molar-refractivity contribution >= 4 is 23.5 Å². The summed E-state index contributed by atoms with van der Waals surface area (Å²) in [6, 6.07) is 12.2. The summed E-state index contributed by atoms with van der Waals surface area (Å²) >= 11 is 0. The molecule has 2 atom stereocenters. The second-order valence-corrected chi connectivity index (χ2v) is 8.92. The number of Topliss-reactive ketones (excluding diaryl/α,β-unsaturated/α-hetero) is 1. The second kappa shape index (κ2) is 11.5. The molecule has 2 N–H and O–H groups in total. The van der Waals surface area contributed by atoms with Gasteiger partial charge in [-0.05, 0) is 61.6 Å². The maximum atomic E-state index is 13.2. The number of hydrogen-bond acceptors (Lipinski definition) is 4. The summed E-state index contributed by atoms with van der Waals surface area (Å²) < 4.78 is 13.2. The summed E-state index contributed by atoms with van der Waals surface area (Å²) in [5.41, 5.74) is 0.752. The lowest BCUT2D eigenvalue weighted by atomic mass is 10.0. The van der Waals surface area contributed by atoms with Gasteiger partial charge in [-0.15, -0.1) is 0 Å². The lowest BCUT2D eigenvalue weighted by Crippen LogP contribution is -2.52. The highest BCUT2D eigenvalue weighted by molar-refractivity contribution is 6.00. The maximum Gasteiger partial charge on any atom is 0.254 e. The Bertz CT molecular complexity index is 1020. The molecular weight excluding hydrogens is 437 g/mol. The number of halogens is 1. The first-order valence-corrected chi connectivity index (χ1v) is 11.5. The van der Waals surface area contributed by atoms with Crippen LogP contribution in [-0.4, -0.2) is 53.6 Å². The van der Waals surface area contributed by atoms with Crippen molar-refractivity contribution in [3.63, 3.8) is 0 Å². The van der Waals surface area contributed by atoms with Crippen LogP contribution in [0.4, 0.5) is 4.39 Å². The topological polar surface area (TPSA) is 95.6 Å². The Morgan fingerprint density at radius 2 is 1.71 bits per heavy atom. The molecule has 2 aromatic rings. The van der Waals surface area contributed by atoms with Crippen molar-refractivity contribution in [3.8, 4) is 0 Å². The smallest absolute Gasteiger partial charge is 0.254 e. The summed E-state index contributed by atoms with van der Waals surface area (Å²) in [6.45, 7) is 4.18. The summed E-state index contributed by atoms with van der Waals surface area (Å²) in [5.74, 6) is -1.76. The van der Waals surface area contributed by atoms with E-state index in [-0.39, 0.29) is 29.7 Å². The third kappa shape index (κ3) is 6.73. The Morgan fingerprint density at radius 1 is 1.03 bits per heavy atom. The van der Waals surface area contributed by atoms with E-state index in [0.717, 1.165) is 0 Å². The van der Waals surface area contributed by atoms with Crippen molar-refractivity contribution in [1.82, 2.24) is 15.5 Å². The van der Waals surface area contributed by atoms with Gasteiger partial charge in [0.25, 0.3) is 11.8 Å². The molecular formula is C26H30FN3O4. The fourth-order valence-electron chi connectivity index (χ4n) is 3.93. The third-order valence-electron chi connectivity index (χ3n) is 5.72. The number of carbonyl (C=O) groups excluding carboxylic acids is 4. The van der Waals surface area contributed by atoms with E-state index in [1.165, 1.54) is 29.2 Å². The Morgan fingerprint density at radius 3 is 2.35 bits per heavy atom. The van der Waals surface area contributed by atoms with E-state index in [2.05, 4.69) is 10.6 Å². The number of nitrogens with one attached hydrogen (secondary N) is 2. The van der Waals surface area contributed by atoms with Crippen molar-refractivity contribution in [2.24, 2.45) is 5.92 Å². The highest BCUT2D eigenvalue weighted by Gasteiger charge is 2.31. The van der Waals surface area contributed by atoms with Crippen LogP contribution in [0.15, 0.2) is 54.6 Å². The van der Waals surface area contributed by atoms with Crippen LogP contribution in [0, 0.1) is 11.7 Å². The SMILES string of the molecule is CC(C)CC(NC(=O)c1ccc(F)cc1)C(=O)NC1CCCN(C(=O)c2ccccc2)CC1=O. The van der Waals surface area contributed by atoms with Gasteiger partial charge in [-0.3, -0.25) is 19.2 Å². The zero-order chi connectivity index (χ0) is 24.7. The molecule has 2 aromatic carbocycles. The average Bonchev–Trinajstić information content (AvgIpc) is 3.00. The minimum Gasteiger partial charge on any atom is -0.344 e. The second-order valence-electron chi connectivity index (χ2n) is 8.92. The quantitative estimate of drug-likeness (QED) is 0.655. The number of hydrogen-bond donors (Lipinski definition) is 2. The summed E-state index contributed by atoms with van der Waals surface area (Å²) in [4.78, 5) is 52.8. The molecule has 0 aliphatic carbocycles. The molecule has 0 bridgehead atoms. The largest absolute Gasteiger partial charge is 0.344 e. The van der Waals surface area contributed by atoms with Gasteiger partial charge in [-0.25, -0.2) is 4.39 Å². The predicted octanol–water partition coefficient (Wildman–Crippen LogP) is 2.96. The lowest BCUT2D eigenvalue weighted by molar-refractivity contribution is -0.129. The van der Waals surface area contributed by atoms with Gasteiger partial charge in [0, 0.05) is 17.7 Å². The number of nitrogens with zero attached hydrogens (tertiary/aromatic N) is 1. The Balaban J connectivity index is 1.65. The molecule has 180 valence electrons. The summed E-state index contributed by atoms with van der Waals surface area (Å²) in [7, 11) is 0. The van der Waals surface area contributed by atoms with Gasteiger partial charge in [0.15, 0.2) is 5.78 Å². The zero-order valence-electron chi connectivity index (χ0n) is 19.4. The standard InChI is InChI=1S/C26H30FN3O4/c1-17(2)15-22(29-24(32)18-10-12-20(27)13-11-18)25(33)28-21-9-6-14-30(16-23(21)31)26(34)19-7-4-3-5-8-19/h3-5,7-8,10-13,17,21-22H,6,9,14-16H2,1-2H3,(H,28,33)(H,29,32). The van der Waals surface area contributed by atoms with Gasteiger partial charge < -0.3 is 15.5 Å². The number of ketones is 1. The number of rotatable bonds is 7. The molecule has 3 amide bonds. The predicted molar refractivity (Wildman–Crippen MR) is 126 cm³/mol. The van der Waals surface area contributed by atoms with Crippen molar-refractivity contribution < 1.29 is 23.6 Å². The van der Waals surface area contributed by atoms with Gasteiger partial charge in [0.1, 0.15) is 11.9 Å². The van der Waals surface area contributed by atoms with Crippen LogP contribution in [0.5, 0.6) is 0 Å². The fraction of sp³-hybridized carbons (Fsp3) is 0.385. The molecule has 1 aliphatic rings. The summed E-state index contributed by atoms with van der Waals surface area (Å²) in [6.07, 6.45) is 1.34. The third-order valence-corrected chi connectivity index (χ3v) is 5.72. The molecule has 0 aromatic heterocycles. The number of amides is 3. The van der Waals surface area contributed by atoms with Crippen molar-refractivity contribution in [2.75, 3.05) is 13.1 Å². The van der Waals surface area contributed by atoms with Gasteiger partial charge in [0.05, 0.1) is 12.6 Å². The van der Waals surface area contributed by atoms with Crippen LogP contribution >= 0.6 is 0 Å². The van der Waals surface area contributed by atoms with Crippen molar-refractivity contribution in [1.29, 1.82) is 0 Å². The lowest BCUT2D eigenvalue weighted by Gasteiger charge is -2.23. The van der Waals surface area contributed by atoms with Crippen LogP contribution in [0.1, 0.15) is 53.8 Å². The van der Waals surface area contributed by atoms with Gasteiger partial charge >= 0.3 is 0 Å². The molecule has 1 saturated heterocycles. The van der Waals surface area contributed by atoms with Gasteiger partial charge in [-0.1, -0.05) is 32.0 Å². The van der Waals surface area contributed by atoms with Crippen LogP contribution in [-0.2, 0) is 9.59 Å². The first-order valence-electron chi connectivity index (χ1n) is 11.5. The maximum absolute atomic E-state index is 13.2. The zero-order valence-corrected chi connectivity index (χ0v) is 19.4. The average molecular weight is 468 g/mol. The van der Waals surface area contributed by atoms with Gasteiger partial charge in [0.2, 0.25) is 5.91 Å². The number of carbonyl (C=O) groups is 4. The van der Waals surface area contributed by atoms with E-state index in [0.29, 0.717) is 31.4 Å². The first-order chi connectivity index (χ1) is 16.2. The highest BCUT2D eigenvalue weighted by atomic mass is 19.1. The minimum absolute atomic E-state index is 0.0878. The van der Waals surface area contributed by atoms with Crippen LogP contribution in [0.3, 0.4) is 0 Å². The Hall–Kier alpha value is -3.55. The molecule has 7 nitrogen and oxygen atoms in total. The van der Waals surface area contributed by atoms with E-state index in [1.807, 2.05) is 19.9 Å². The molecule has 0 radical (unpaired) electrons.